The third-order valence-electron chi connectivity index (χ3n) is 2.49. The van der Waals surface area contributed by atoms with E-state index in [1.807, 2.05) is 20.8 Å². The van der Waals surface area contributed by atoms with Gasteiger partial charge in [-0.25, -0.2) is 0 Å². The Hall–Kier alpha value is -1.87. The fourth-order valence-corrected chi connectivity index (χ4v) is 2.53. The van der Waals surface area contributed by atoms with Gasteiger partial charge in [0.15, 0.2) is 23.2 Å². The van der Waals surface area contributed by atoms with Crippen LogP contribution < -0.4 is 25.9 Å². The Kier molecular flexibility index (Phi) is 8.48. The average molecular weight is 417 g/mol. The molecule has 0 aliphatic heterocycles. The van der Waals surface area contributed by atoms with E-state index in [9.17, 15) is 4.79 Å². The molecule has 1 aromatic carbocycles. The van der Waals surface area contributed by atoms with Crippen molar-refractivity contribution in [1.82, 2.24) is 10.7 Å². The molecule has 0 unspecified atom stereocenters. The maximum atomic E-state index is 10.9. The maximum Gasteiger partial charge on any atom is 0.255 e. The lowest BCUT2D eigenvalue weighted by Gasteiger charge is -2.13. The van der Waals surface area contributed by atoms with Crippen molar-refractivity contribution in [1.29, 1.82) is 0 Å². The molecule has 0 aromatic heterocycles. The number of carbonyl (C=O) groups is 1. The second kappa shape index (κ2) is 10.1. The molecule has 9 heteroatoms. The zero-order valence-corrected chi connectivity index (χ0v) is 16.2. The number of halogens is 1. The molecule has 0 spiro atoms. The van der Waals surface area contributed by atoms with E-state index < -0.39 is 5.91 Å². The van der Waals surface area contributed by atoms with Crippen molar-refractivity contribution in [3.05, 3.63) is 22.2 Å². The predicted molar refractivity (Wildman–Crippen MR) is 102 cm³/mol. The summed E-state index contributed by atoms with van der Waals surface area (Å²) in [7, 11) is 0. The average Bonchev–Trinajstić information content (AvgIpc) is 2.45. The van der Waals surface area contributed by atoms with Gasteiger partial charge in [-0.1, -0.05) is 0 Å². The second-order valence-electron chi connectivity index (χ2n) is 5.02. The minimum absolute atomic E-state index is 0.223. The number of thiocarbonyl (C=S) groups is 1. The second-order valence-corrected chi connectivity index (χ2v) is 6.28. The minimum atomic E-state index is -0.564. The smallest absolute Gasteiger partial charge is 0.255 e. The number of ether oxygens (including phenoxy) is 2. The van der Waals surface area contributed by atoms with Crippen molar-refractivity contribution in [2.24, 2.45) is 10.8 Å². The first kappa shape index (κ1) is 20.2. The van der Waals surface area contributed by atoms with E-state index in [0.29, 0.717) is 27.7 Å². The highest BCUT2D eigenvalue weighted by Crippen LogP contribution is 2.36. The summed E-state index contributed by atoms with van der Waals surface area (Å²) in [5, 5.41) is 7.52. The van der Waals surface area contributed by atoms with Gasteiger partial charge >= 0.3 is 0 Å². The van der Waals surface area contributed by atoms with Crippen molar-refractivity contribution < 1.29 is 14.3 Å². The molecule has 0 fully saturated rings. The van der Waals surface area contributed by atoms with Crippen LogP contribution in [0.1, 0.15) is 26.3 Å². The summed E-state index contributed by atoms with van der Waals surface area (Å²) < 4.78 is 11.6. The van der Waals surface area contributed by atoms with E-state index in [4.69, 9.17) is 27.4 Å². The Balaban J connectivity index is 2.89. The van der Waals surface area contributed by atoms with E-state index >= 15 is 0 Å². The summed E-state index contributed by atoms with van der Waals surface area (Å²) in [6.07, 6.45) is 1.60. The van der Waals surface area contributed by atoms with Crippen LogP contribution in [0.5, 0.6) is 11.5 Å². The zero-order valence-electron chi connectivity index (χ0n) is 13.8. The van der Waals surface area contributed by atoms with Crippen molar-refractivity contribution in [3.63, 3.8) is 0 Å². The molecule has 0 saturated heterocycles. The highest BCUT2D eigenvalue weighted by atomic mass is 79.9. The molecule has 0 aliphatic carbocycles. The molecule has 0 saturated carbocycles. The lowest BCUT2D eigenvalue weighted by Crippen LogP contribution is -2.36. The van der Waals surface area contributed by atoms with Crippen LogP contribution in [0.15, 0.2) is 21.7 Å². The summed E-state index contributed by atoms with van der Waals surface area (Å²) in [5.74, 6) is 0.334. The maximum absolute atomic E-state index is 10.9. The van der Waals surface area contributed by atoms with Gasteiger partial charge in [-0.2, -0.15) is 5.10 Å². The quantitative estimate of drug-likeness (QED) is 0.340. The monoisotopic (exact) mass is 416 g/mol. The van der Waals surface area contributed by atoms with Crippen LogP contribution in [0.3, 0.4) is 0 Å². The number of amides is 1. The van der Waals surface area contributed by atoms with E-state index in [1.165, 1.54) is 0 Å². The zero-order chi connectivity index (χ0) is 18.1. The van der Waals surface area contributed by atoms with Crippen LogP contribution in [0.25, 0.3) is 0 Å². The molecule has 0 heterocycles. The topological polar surface area (TPSA) is 98.0 Å². The van der Waals surface area contributed by atoms with Gasteiger partial charge in [0.05, 0.1) is 17.3 Å². The summed E-state index contributed by atoms with van der Waals surface area (Å²) in [6.45, 7) is 6.02. The summed E-state index contributed by atoms with van der Waals surface area (Å²) in [5.41, 5.74) is 8.60. The van der Waals surface area contributed by atoms with Crippen LogP contribution in [0.2, 0.25) is 0 Å². The van der Waals surface area contributed by atoms with Crippen LogP contribution >= 0.6 is 28.1 Å². The lowest BCUT2D eigenvalue weighted by atomic mass is 10.2. The van der Waals surface area contributed by atoms with Gasteiger partial charge in [-0.05, 0) is 66.6 Å². The molecule has 0 bridgehead atoms. The van der Waals surface area contributed by atoms with Gasteiger partial charge in [0, 0.05) is 6.04 Å². The summed E-state index contributed by atoms with van der Waals surface area (Å²) >= 11 is 8.48. The van der Waals surface area contributed by atoms with Crippen molar-refractivity contribution in [3.8, 4) is 11.5 Å². The Morgan fingerprint density at radius 3 is 2.75 bits per heavy atom. The van der Waals surface area contributed by atoms with Gasteiger partial charge in [-0.3, -0.25) is 10.2 Å². The highest BCUT2D eigenvalue weighted by molar-refractivity contribution is 9.10. The molecular formula is C15H21BrN4O3S. The summed E-state index contributed by atoms with van der Waals surface area (Å²) in [6, 6.07) is 3.75. The number of benzene rings is 1. The Bertz CT molecular complexity index is 623. The lowest BCUT2D eigenvalue weighted by molar-refractivity contribution is -0.119. The van der Waals surface area contributed by atoms with Gasteiger partial charge in [0.1, 0.15) is 0 Å². The van der Waals surface area contributed by atoms with E-state index in [-0.39, 0.29) is 12.6 Å². The SMILES string of the molecule is CCOc1cc(/C=N/NC(=S)NC(C)C)cc(Br)c1OCC(N)=O. The predicted octanol–water partition coefficient (Wildman–Crippen LogP) is 1.92. The van der Waals surface area contributed by atoms with E-state index in [1.54, 1.807) is 18.3 Å². The van der Waals surface area contributed by atoms with Crippen molar-refractivity contribution in [2.45, 2.75) is 26.8 Å². The first-order valence-electron chi connectivity index (χ1n) is 7.30. The number of nitrogens with two attached hydrogens (primary N) is 1. The normalized spacial score (nSPS) is 10.7. The minimum Gasteiger partial charge on any atom is -0.490 e. The van der Waals surface area contributed by atoms with Crippen LogP contribution in [-0.4, -0.2) is 36.5 Å². The molecular weight excluding hydrogens is 396 g/mol. The molecule has 7 nitrogen and oxygen atoms in total. The first-order valence-corrected chi connectivity index (χ1v) is 8.50. The number of nitrogens with zero attached hydrogens (tertiary/aromatic N) is 1. The third kappa shape index (κ3) is 7.14. The molecule has 24 heavy (non-hydrogen) atoms. The fraction of sp³-hybridized carbons (Fsp3) is 0.400. The Labute approximate surface area is 155 Å². The number of hydrogen-bond acceptors (Lipinski definition) is 5. The molecule has 1 rings (SSSR count). The number of primary amides is 1. The van der Waals surface area contributed by atoms with Gasteiger partial charge in [-0.15, -0.1) is 0 Å². The van der Waals surface area contributed by atoms with Crippen LogP contribution in [0.4, 0.5) is 0 Å². The van der Waals surface area contributed by atoms with Gasteiger partial charge in [0.25, 0.3) is 5.91 Å². The van der Waals surface area contributed by atoms with E-state index in [2.05, 4.69) is 31.8 Å². The number of carbonyl (C=O) groups excluding carboxylic acids is 1. The molecule has 0 aliphatic rings. The standard InChI is InChI=1S/C15H21BrN4O3S/c1-4-22-12-6-10(7-18-20-15(24)19-9(2)3)5-11(16)14(12)23-8-13(17)21/h5-7,9H,4,8H2,1-3H3,(H2,17,21)(H2,19,20,24)/b18-7+. The van der Waals surface area contributed by atoms with Gasteiger partial charge in [0.2, 0.25) is 0 Å². The Morgan fingerprint density at radius 1 is 1.46 bits per heavy atom. The molecule has 1 amide bonds. The highest BCUT2D eigenvalue weighted by Gasteiger charge is 2.12. The van der Waals surface area contributed by atoms with Crippen LogP contribution in [0, 0.1) is 0 Å². The number of nitrogens with one attached hydrogen (secondary N) is 2. The molecule has 0 atom stereocenters. The van der Waals surface area contributed by atoms with Crippen molar-refractivity contribution in [2.75, 3.05) is 13.2 Å². The third-order valence-corrected chi connectivity index (χ3v) is 3.29. The molecule has 4 N–H and O–H groups in total. The summed E-state index contributed by atoms with van der Waals surface area (Å²) in [4.78, 5) is 10.9. The number of hydrazone groups is 1. The molecule has 132 valence electrons. The Morgan fingerprint density at radius 2 is 2.17 bits per heavy atom. The van der Waals surface area contributed by atoms with Crippen molar-refractivity contribution >= 4 is 45.4 Å². The van der Waals surface area contributed by atoms with E-state index in [0.717, 1.165) is 5.56 Å². The first-order chi connectivity index (χ1) is 11.3. The number of rotatable bonds is 8. The van der Waals surface area contributed by atoms with Crippen LogP contribution in [-0.2, 0) is 4.79 Å². The molecule has 0 radical (unpaired) electrons. The molecule has 1 aromatic rings. The fourth-order valence-electron chi connectivity index (χ4n) is 1.67. The number of hydrogen-bond donors (Lipinski definition) is 3. The van der Waals surface area contributed by atoms with Gasteiger partial charge < -0.3 is 20.5 Å². The largest absolute Gasteiger partial charge is 0.490 e.